The van der Waals surface area contributed by atoms with Crippen LogP contribution in [0.4, 0.5) is 0 Å². The first-order valence-electron chi connectivity index (χ1n) is 3.82. The zero-order valence-corrected chi connectivity index (χ0v) is 6.77. The Labute approximate surface area is 66.0 Å². The van der Waals surface area contributed by atoms with Gasteiger partial charge in [-0.2, -0.15) is 0 Å². The molecule has 0 unspecified atom stereocenters. The molecular formula is C10H10O. The maximum atomic E-state index is 11.0. The molecule has 0 radical (unpaired) electrons. The Balaban J connectivity index is 2.59. The van der Waals surface area contributed by atoms with Crippen LogP contribution in [0.5, 0.6) is 0 Å². The van der Waals surface area contributed by atoms with Crippen LogP contribution in [0.2, 0.25) is 0 Å². The molecule has 0 N–H and O–H groups in total. The zero-order valence-electron chi connectivity index (χ0n) is 6.77. The van der Waals surface area contributed by atoms with Gasteiger partial charge in [0.25, 0.3) is 0 Å². The van der Waals surface area contributed by atoms with E-state index in [0.717, 1.165) is 12.0 Å². The van der Waals surface area contributed by atoms with E-state index >= 15 is 0 Å². The SMILES string of the molecule is CC(=O)c1ccc2c(c1C)C2. The van der Waals surface area contributed by atoms with E-state index in [4.69, 9.17) is 0 Å². The molecule has 0 saturated heterocycles. The third-order valence-electron chi connectivity index (χ3n) is 2.32. The predicted octanol–water partition coefficient (Wildman–Crippen LogP) is 2.10. The van der Waals surface area contributed by atoms with E-state index in [0.29, 0.717) is 0 Å². The fourth-order valence-electron chi connectivity index (χ4n) is 1.53. The average molecular weight is 146 g/mol. The van der Waals surface area contributed by atoms with Crippen molar-refractivity contribution in [2.24, 2.45) is 0 Å². The molecule has 0 amide bonds. The zero-order chi connectivity index (χ0) is 8.01. The molecule has 1 nitrogen and oxygen atoms in total. The van der Waals surface area contributed by atoms with Gasteiger partial charge in [0.15, 0.2) is 5.78 Å². The molecule has 0 heterocycles. The van der Waals surface area contributed by atoms with Gasteiger partial charge in [-0.3, -0.25) is 4.79 Å². The fourth-order valence-corrected chi connectivity index (χ4v) is 1.53. The molecule has 1 aliphatic carbocycles. The van der Waals surface area contributed by atoms with Gasteiger partial charge in [0, 0.05) is 5.56 Å². The first-order chi connectivity index (χ1) is 5.20. The quantitative estimate of drug-likeness (QED) is 0.563. The van der Waals surface area contributed by atoms with Crippen LogP contribution in [-0.2, 0) is 6.42 Å². The Kier molecular flexibility index (Phi) is 1.16. The number of Topliss-reactive ketones (excluding diaryl/α,β-unsaturated/α-hetero) is 1. The summed E-state index contributed by atoms with van der Waals surface area (Å²) in [5, 5.41) is 0. The van der Waals surface area contributed by atoms with Gasteiger partial charge in [-0.15, -0.1) is 0 Å². The number of rotatable bonds is 1. The summed E-state index contributed by atoms with van der Waals surface area (Å²) in [5.41, 5.74) is 4.88. The summed E-state index contributed by atoms with van der Waals surface area (Å²) in [7, 11) is 0. The van der Waals surface area contributed by atoms with Crippen molar-refractivity contribution < 1.29 is 4.79 Å². The van der Waals surface area contributed by atoms with E-state index in [2.05, 4.69) is 6.07 Å². The Hall–Kier alpha value is -1.11. The number of hydrogen-bond donors (Lipinski definition) is 0. The molecule has 0 fully saturated rings. The minimum absolute atomic E-state index is 0.178. The van der Waals surface area contributed by atoms with Crippen molar-refractivity contribution in [3.05, 3.63) is 34.4 Å². The minimum atomic E-state index is 0.178. The summed E-state index contributed by atoms with van der Waals surface area (Å²) in [6.07, 6.45) is 1.10. The molecule has 1 aliphatic rings. The van der Waals surface area contributed by atoms with Crippen LogP contribution in [-0.4, -0.2) is 5.78 Å². The van der Waals surface area contributed by atoms with Gasteiger partial charge in [-0.05, 0) is 37.0 Å². The first-order valence-corrected chi connectivity index (χ1v) is 3.82. The van der Waals surface area contributed by atoms with Gasteiger partial charge in [-0.1, -0.05) is 12.1 Å². The van der Waals surface area contributed by atoms with Crippen molar-refractivity contribution in [1.29, 1.82) is 0 Å². The molecule has 0 spiro atoms. The molecule has 11 heavy (non-hydrogen) atoms. The number of ketones is 1. The number of fused-ring (bicyclic) bond motifs is 1. The molecule has 0 saturated carbocycles. The van der Waals surface area contributed by atoms with E-state index < -0.39 is 0 Å². The molecule has 1 aromatic carbocycles. The summed E-state index contributed by atoms with van der Waals surface area (Å²) in [5.74, 6) is 0.178. The lowest BCUT2D eigenvalue weighted by Gasteiger charge is -1.97. The highest BCUT2D eigenvalue weighted by Crippen LogP contribution is 2.32. The lowest BCUT2D eigenvalue weighted by molar-refractivity contribution is 0.101. The van der Waals surface area contributed by atoms with Crippen LogP contribution >= 0.6 is 0 Å². The predicted molar refractivity (Wildman–Crippen MR) is 44.0 cm³/mol. The van der Waals surface area contributed by atoms with E-state index in [-0.39, 0.29) is 5.78 Å². The molecule has 0 aromatic heterocycles. The van der Waals surface area contributed by atoms with Crippen molar-refractivity contribution in [3.8, 4) is 0 Å². The van der Waals surface area contributed by atoms with E-state index in [1.165, 1.54) is 16.7 Å². The molecular weight excluding hydrogens is 136 g/mol. The van der Waals surface area contributed by atoms with Gasteiger partial charge >= 0.3 is 0 Å². The van der Waals surface area contributed by atoms with Crippen LogP contribution in [0.15, 0.2) is 12.1 Å². The monoisotopic (exact) mass is 146 g/mol. The fraction of sp³-hybridized carbons (Fsp3) is 0.300. The Morgan fingerprint density at radius 3 is 2.82 bits per heavy atom. The maximum absolute atomic E-state index is 11.0. The molecule has 0 bridgehead atoms. The highest BCUT2D eigenvalue weighted by molar-refractivity contribution is 5.96. The lowest BCUT2D eigenvalue weighted by Crippen LogP contribution is -1.94. The summed E-state index contributed by atoms with van der Waals surface area (Å²) in [4.78, 5) is 11.0. The number of carbonyl (C=O) groups is 1. The molecule has 2 rings (SSSR count). The van der Waals surface area contributed by atoms with Crippen molar-refractivity contribution in [2.45, 2.75) is 20.3 Å². The van der Waals surface area contributed by atoms with E-state index in [9.17, 15) is 4.79 Å². The maximum Gasteiger partial charge on any atom is 0.160 e. The highest BCUT2D eigenvalue weighted by atomic mass is 16.1. The second kappa shape index (κ2) is 1.94. The van der Waals surface area contributed by atoms with Gasteiger partial charge < -0.3 is 0 Å². The van der Waals surface area contributed by atoms with Crippen molar-refractivity contribution >= 4 is 5.78 Å². The number of carbonyl (C=O) groups excluding carboxylic acids is 1. The van der Waals surface area contributed by atoms with Crippen LogP contribution in [0.25, 0.3) is 0 Å². The largest absolute Gasteiger partial charge is 0.295 e. The van der Waals surface area contributed by atoms with Crippen LogP contribution < -0.4 is 0 Å². The van der Waals surface area contributed by atoms with Crippen molar-refractivity contribution in [2.75, 3.05) is 0 Å². The van der Waals surface area contributed by atoms with Crippen LogP contribution in [0.3, 0.4) is 0 Å². The normalized spacial score (nSPS) is 12.5. The summed E-state index contributed by atoms with van der Waals surface area (Å²) >= 11 is 0. The summed E-state index contributed by atoms with van der Waals surface area (Å²) in [6, 6.07) is 3.99. The van der Waals surface area contributed by atoms with Gasteiger partial charge in [0.05, 0.1) is 0 Å². The smallest absolute Gasteiger partial charge is 0.160 e. The van der Waals surface area contributed by atoms with Gasteiger partial charge in [0.2, 0.25) is 0 Å². The van der Waals surface area contributed by atoms with Crippen LogP contribution in [0, 0.1) is 6.92 Å². The molecule has 1 heteroatoms. The molecule has 1 aromatic rings. The van der Waals surface area contributed by atoms with Crippen molar-refractivity contribution in [3.63, 3.8) is 0 Å². The van der Waals surface area contributed by atoms with Crippen LogP contribution in [0.1, 0.15) is 34.0 Å². The Morgan fingerprint density at radius 2 is 2.18 bits per heavy atom. The third kappa shape index (κ3) is 0.881. The topological polar surface area (TPSA) is 17.1 Å². The lowest BCUT2D eigenvalue weighted by atomic mass is 10.1. The second-order valence-electron chi connectivity index (χ2n) is 3.11. The Bertz CT molecular complexity index is 337. The van der Waals surface area contributed by atoms with Gasteiger partial charge in [-0.25, -0.2) is 0 Å². The standard InChI is InChI=1S/C10H10O/c1-6-9(7(2)11)4-3-8-5-10(6)8/h3-4H,5H2,1-2H3. The third-order valence-corrected chi connectivity index (χ3v) is 2.32. The molecule has 0 atom stereocenters. The number of hydrogen-bond acceptors (Lipinski definition) is 1. The van der Waals surface area contributed by atoms with Crippen molar-refractivity contribution in [1.82, 2.24) is 0 Å². The first kappa shape index (κ1) is 6.59. The molecule has 56 valence electrons. The average Bonchev–Trinajstić information content (AvgIpc) is 2.66. The second-order valence-corrected chi connectivity index (χ2v) is 3.11. The summed E-state index contributed by atoms with van der Waals surface area (Å²) in [6.45, 7) is 3.65. The summed E-state index contributed by atoms with van der Waals surface area (Å²) < 4.78 is 0. The Morgan fingerprint density at radius 1 is 1.45 bits per heavy atom. The van der Waals surface area contributed by atoms with E-state index in [1.807, 2.05) is 13.0 Å². The van der Waals surface area contributed by atoms with E-state index in [1.54, 1.807) is 6.92 Å². The van der Waals surface area contributed by atoms with Gasteiger partial charge in [0.1, 0.15) is 0 Å². The minimum Gasteiger partial charge on any atom is -0.295 e. The highest BCUT2D eigenvalue weighted by Gasteiger charge is 2.21. The molecule has 0 aliphatic heterocycles. The number of benzene rings is 1.